The van der Waals surface area contributed by atoms with E-state index in [1.807, 2.05) is 0 Å². The lowest BCUT2D eigenvalue weighted by Crippen LogP contribution is -2.49. The largest absolute Gasteiger partial charge is 0.348 e. The molecule has 1 atom stereocenters. The van der Waals surface area contributed by atoms with Gasteiger partial charge >= 0.3 is 0 Å². The van der Waals surface area contributed by atoms with E-state index >= 15 is 0 Å². The molecule has 2 rings (SSSR count). The van der Waals surface area contributed by atoms with Crippen molar-refractivity contribution in [3.05, 3.63) is 29.6 Å². The Morgan fingerprint density at radius 2 is 1.93 bits per heavy atom. The first-order chi connectivity index (χ1) is 12.4. The van der Waals surface area contributed by atoms with E-state index in [9.17, 15) is 26.0 Å². The Labute approximate surface area is 159 Å². The first-order valence-corrected chi connectivity index (χ1v) is 11.8. The monoisotopic (exact) mass is 421 g/mol. The Hall–Kier alpha value is -1.56. The minimum atomic E-state index is -3.88. The molecule has 1 heterocycles. The molecule has 0 aromatic heterocycles. The highest BCUT2D eigenvalue weighted by Crippen LogP contribution is 2.18. The fourth-order valence-electron chi connectivity index (χ4n) is 2.85. The van der Waals surface area contributed by atoms with Crippen molar-refractivity contribution in [1.82, 2.24) is 14.3 Å². The maximum atomic E-state index is 14.1. The number of benzene rings is 1. The summed E-state index contributed by atoms with van der Waals surface area (Å²) in [4.78, 5) is 12.2. The molecule has 1 saturated heterocycles. The molecule has 1 aliphatic rings. The summed E-state index contributed by atoms with van der Waals surface area (Å²) in [6.07, 6.45) is 2.20. The zero-order valence-corrected chi connectivity index (χ0v) is 17.0. The molecular formula is C16H24FN3O5S2. The van der Waals surface area contributed by atoms with E-state index in [0.717, 1.165) is 24.5 Å². The molecule has 0 radical (unpaired) electrons. The molecule has 0 bridgehead atoms. The molecule has 0 spiro atoms. The quantitative estimate of drug-likeness (QED) is 0.701. The second-order valence-corrected chi connectivity index (χ2v) is 10.5. The highest BCUT2D eigenvalue weighted by Gasteiger charge is 2.28. The Morgan fingerprint density at radius 1 is 1.26 bits per heavy atom. The van der Waals surface area contributed by atoms with Gasteiger partial charge in [0.25, 0.3) is 5.91 Å². The number of carbonyl (C=O) groups excluding carboxylic acids is 1. The van der Waals surface area contributed by atoms with Crippen LogP contribution < -0.4 is 10.0 Å². The average Bonchev–Trinajstić information content (AvgIpc) is 2.53. The molecule has 2 N–H and O–H groups in total. The fourth-order valence-corrected chi connectivity index (χ4v) is 5.04. The van der Waals surface area contributed by atoms with Crippen molar-refractivity contribution in [3.8, 4) is 0 Å². The summed E-state index contributed by atoms with van der Waals surface area (Å²) in [5.41, 5.74) is -0.405. The van der Waals surface area contributed by atoms with Crippen LogP contribution in [0.1, 0.15) is 37.0 Å². The number of carbonyl (C=O) groups is 1. The number of hydrogen-bond donors (Lipinski definition) is 2. The SMILES string of the molecule is CC(C)NS(=O)(=O)c1ccc(F)c(C(=O)NC2CCCN(S(C)(=O)=O)C2)c1. The Kier molecular flexibility index (Phi) is 6.61. The lowest BCUT2D eigenvalue weighted by Gasteiger charge is -2.31. The normalized spacial score (nSPS) is 19.2. The van der Waals surface area contributed by atoms with E-state index in [-0.39, 0.29) is 17.5 Å². The maximum Gasteiger partial charge on any atom is 0.254 e. The predicted molar refractivity (Wildman–Crippen MR) is 98.8 cm³/mol. The van der Waals surface area contributed by atoms with Gasteiger partial charge in [-0.05, 0) is 44.9 Å². The van der Waals surface area contributed by atoms with Crippen molar-refractivity contribution in [2.24, 2.45) is 0 Å². The number of hydrogen-bond acceptors (Lipinski definition) is 5. The third-order valence-electron chi connectivity index (χ3n) is 4.07. The Balaban J connectivity index is 2.20. The van der Waals surface area contributed by atoms with Gasteiger partial charge in [0.15, 0.2) is 0 Å². The van der Waals surface area contributed by atoms with E-state index in [4.69, 9.17) is 0 Å². The number of amides is 1. The topological polar surface area (TPSA) is 113 Å². The molecule has 1 aromatic carbocycles. The molecule has 8 nitrogen and oxygen atoms in total. The average molecular weight is 422 g/mol. The molecule has 1 unspecified atom stereocenters. The van der Waals surface area contributed by atoms with Crippen LogP contribution in [-0.4, -0.2) is 58.5 Å². The number of halogens is 1. The zero-order valence-electron chi connectivity index (χ0n) is 15.4. The fraction of sp³-hybridized carbons (Fsp3) is 0.562. The molecule has 1 aromatic rings. The summed E-state index contributed by atoms with van der Waals surface area (Å²) in [5.74, 6) is -1.64. The molecular weight excluding hydrogens is 397 g/mol. The highest BCUT2D eigenvalue weighted by molar-refractivity contribution is 7.89. The van der Waals surface area contributed by atoms with Crippen LogP contribution in [0.5, 0.6) is 0 Å². The molecule has 0 saturated carbocycles. The third kappa shape index (κ3) is 5.71. The van der Waals surface area contributed by atoms with Crippen LogP contribution in [0.2, 0.25) is 0 Å². The smallest absolute Gasteiger partial charge is 0.254 e. The van der Waals surface area contributed by atoms with Gasteiger partial charge in [0.05, 0.1) is 16.7 Å². The van der Waals surface area contributed by atoms with Gasteiger partial charge < -0.3 is 5.32 Å². The number of rotatable bonds is 6. The van der Waals surface area contributed by atoms with Crippen molar-refractivity contribution < 1.29 is 26.0 Å². The van der Waals surface area contributed by atoms with Gasteiger partial charge in [0.1, 0.15) is 5.82 Å². The van der Waals surface area contributed by atoms with Gasteiger partial charge in [-0.1, -0.05) is 0 Å². The first kappa shape index (κ1) is 21.7. The highest BCUT2D eigenvalue weighted by atomic mass is 32.2. The summed E-state index contributed by atoms with van der Waals surface area (Å²) in [7, 11) is -7.26. The van der Waals surface area contributed by atoms with Crippen LogP contribution >= 0.6 is 0 Å². The summed E-state index contributed by atoms with van der Waals surface area (Å²) in [6.45, 7) is 3.75. The van der Waals surface area contributed by atoms with E-state index in [2.05, 4.69) is 10.0 Å². The van der Waals surface area contributed by atoms with Crippen LogP contribution in [-0.2, 0) is 20.0 Å². The Bertz CT molecular complexity index is 916. The van der Waals surface area contributed by atoms with Crippen LogP contribution in [0.4, 0.5) is 4.39 Å². The van der Waals surface area contributed by atoms with Gasteiger partial charge in [0, 0.05) is 25.2 Å². The van der Waals surface area contributed by atoms with Gasteiger partial charge in [-0.2, -0.15) is 0 Å². The molecule has 152 valence electrons. The second kappa shape index (κ2) is 8.21. The van der Waals surface area contributed by atoms with Crippen molar-refractivity contribution in [2.75, 3.05) is 19.3 Å². The van der Waals surface area contributed by atoms with Crippen LogP contribution in [0.3, 0.4) is 0 Å². The van der Waals surface area contributed by atoms with E-state index in [1.165, 1.54) is 4.31 Å². The van der Waals surface area contributed by atoms with Gasteiger partial charge in [-0.15, -0.1) is 0 Å². The molecule has 1 fully saturated rings. The van der Waals surface area contributed by atoms with Gasteiger partial charge in [-0.25, -0.2) is 30.3 Å². The van der Waals surface area contributed by atoms with Crippen molar-refractivity contribution in [1.29, 1.82) is 0 Å². The number of nitrogens with one attached hydrogen (secondary N) is 2. The predicted octanol–water partition coefficient (Wildman–Crippen LogP) is 0.666. The van der Waals surface area contributed by atoms with E-state index in [1.54, 1.807) is 13.8 Å². The number of nitrogens with zero attached hydrogens (tertiary/aromatic N) is 1. The standard InChI is InChI=1S/C16H24FN3O5S2/c1-11(2)19-27(24,25)13-6-7-15(17)14(9-13)16(21)18-12-5-4-8-20(10-12)26(3,22)23/h6-7,9,11-12,19H,4-5,8,10H2,1-3H3,(H,18,21). The summed E-state index contributed by atoms with van der Waals surface area (Å²) >= 11 is 0. The summed E-state index contributed by atoms with van der Waals surface area (Å²) in [5, 5.41) is 2.60. The number of piperidine rings is 1. The maximum absolute atomic E-state index is 14.1. The molecule has 11 heteroatoms. The van der Waals surface area contributed by atoms with Gasteiger partial charge in [-0.3, -0.25) is 4.79 Å². The van der Waals surface area contributed by atoms with Crippen LogP contribution in [0.15, 0.2) is 23.1 Å². The first-order valence-electron chi connectivity index (χ1n) is 8.48. The molecule has 0 aliphatic carbocycles. The van der Waals surface area contributed by atoms with Crippen molar-refractivity contribution in [3.63, 3.8) is 0 Å². The van der Waals surface area contributed by atoms with Gasteiger partial charge in [0.2, 0.25) is 20.0 Å². The summed E-state index contributed by atoms with van der Waals surface area (Å²) < 4.78 is 65.5. The minimum Gasteiger partial charge on any atom is -0.348 e. The molecule has 1 aliphatic heterocycles. The third-order valence-corrected chi connectivity index (χ3v) is 7.00. The molecule has 1 amide bonds. The van der Waals surface area contributed by atoms with Crippen LogP contribution in [0.25, 0.3) is 0 Å². The Morgan fingerprint density at radius 3 is 2.52 bits per heavy atom. The van der Waals surface area contributed by atoms with E-state index in [0.29, 0.717) is 19.4 Å². The van der Waals surface area contributed by atoms with Crippen LogP contribution in [0, 0.1) is 5.82 Å². The summed E-state index contributed by atoms with van der Waals surface area (Å²) in [6, 6.07) is 2.15. The zero-order chi connectivity index (χ0) is 20.4. The molecule has 27 heavy (non-hydrogen) atoms. The lowest BCUT2D eigenvalue weighted by molar-refractivity contribution is 0.0917. The lowest BCUT2D eigenvalue weighted by atomic mass is 10.1. The van der Waals surface area contributed by atoms with E-state index < -0.39 is 43.4 Å². The van der Waals surface area contributed by atoms with Crippen molar-refractivity contribution >= 4 is 26.0 Å². The van der Waals surface area contributed by atoms with Crippen molar-refractivity contribution in [2.45, 2.75) is 43.7 Å². The second-order valence-electron chi connectivity index (χ2n) is 6.85. The number of sulfonamides is 2. The minimum absolute atomic E-state index is 0.0963.